The van der Waals surface area contributed by atoms with Crippen LogP contribution in [0.3, 0.4) is 0 Å². The first-order valence-corrected chi connectivity index (χ1v) is 8.11. The number of amidine groups is 1. The van der Waals surface area contributed by atoms with Gasteiger partial charge in [0.05, 0.1) is 0 Å². The molecule has 4 N–H and O–H groups in total. The molecule has 6 heteroatoms. The van der Waals surface area contributed by atoms with Crippen LogP contribution in [-0.2, 0) is 0 Å². The number of benzene rings is 1. The van der Waals surface area contributed by atoms with Crippen molar-refractivity contribution in [3.8, 4) is 0 Å². The van der Waals surface area contributed by atoms with Crippen LogP contribution < -0.4 is 11.1 Å². The van der Waals surface area contributed by atoms with E-state index in [2.05, 4.69) is 40.0 Å². The first-order chi connectivity index (χ1) is 9.97. The van der Waals surface area contributed by atoms with Gasteiger partial charge < -0.3 is 16.3 Å². The molecule has 5 nitrogen and oxygen atoms in total. The van der Waals surface area contributed by atoms with Crippen LogP contribution in [0, 0.1) is 9.49 Å². The number of halogens is 1. The molecule has 2 rings (SSSR count). The fourth-order valence-electron chi connectivity index (χ4n) is 2.69. The molecule has 0 aliphatic heterocycles. The molecule has 0 aromatic heterocycles. The summed E-state index contributed by atoms with van der Waals surface area (Å²) in [5, 5.41) is 15.2. The lowest BCUT2D eigenvalue weighted by atomic mass is 9.76. The molecule has 1 aromatic carbocycles. The number of nitrogens with two attached hydrogens (primary N) is 1. The number of oxime groups is 1. The molecule has 1 aliphatic rings. The van der Waals surface area contributed by atoms with Crippen LogP contribution in [0.1, 0.15) is 43.0 Å². The van der Waals surface area contributed by atoms with Crippen LogP contribution in [0.15, 0.2) is 29.4 Å². The number of hydrogen-bond donors (Lipinski definition) is 3. The Balaban J connectivity index is 2.19. The van der Waals surface area contributed by atoms with Gasteiger partial charge in [0.25, 0.3) is 5.91 Å². The summed E-state index contributed by atoms with van der Waals surface area (Å²) in [6.45, 7) is 2.18. The van der Waals surface area contributed by atoms with Crippen molar-refractivity contribution in [3.05, 3.63) is 33.4 Å². The zero-order valence-electron chi connectivity index (χ0n) is 12.0. The highest BCUT2D eigenvalue weighted by Crippen LogP contribution is 2.32. The highest BCUT2D eigenvalue weighted by molar-refractivity contribution is 14.1. The Labute approximate surface area is 138 Å². The van der Waals surface area contributed by atoms with E-state index >= 15 is 0 Å². The molecule has 1 aliphatic carbocycles. The van der Waals surface area contributed by atoms with Crippen LogP contribution in [0.2, 0.25) is 0 Å². The highest BCUT2D eigenvalue weighted by Gasteiger charge is 2.39. The molecule has 0 saturated heterocycles. The Morgan fingerprint density at radius 2 is 1.95 bits per heavy atom. The van der Waals surface area contributed by atoms with Crippen LogP contribution in [0.4, 0.5) is 0 Å². The average molecular weight is 401 g/mol. The lowest BCUT2D eigenvalue weighted by Gasteiger charge is -2.39. The quantitative estimate of drug-likeness (QED) is 0.239. The standard InChI is InChI=1S/C15H20IN3O2/c1-10-6-8-15(9-7-10,14(17)19-21)18-13(20)11-2-4-12(16)5-3-11/h2-5,10,21H,6-9H2,1H3,(H2,17,19)(H,18,20). The fourth-order valence-corrected chi connectivity index (χ4v) is 3.05. The SMILES string of the molecule is CC1CCC(NC(=O)c2ccc(I)cc2)(/C(N)=N/O)CC1. The lowest BCUT2D eigenvalue weighted by Crippen LogP contribution is -2.59. The van der Waals surface area contributed by atoms with Gasteiger partial charge in [0, 0.05) is 9.13 Å². The molecular formula is C15H20IN3O2. The molecule has 0 bridgehead atoms. The number of rotatable bonds is 3. The Bertz CT molecular complexity index is 534. The van der Waals surface area contributed by atoms with Gasteiger partial charge in [0.1, 0.15) is 5.54 Å². The van der Waals surface area contributed by atoms with Crippen molar-refractivity contribution in [2.45, 2.75) is 38.1 Å². The van der Waals surface area contributed by atoms with E-state index in [9.17, 15) is 4.79 Å². The molecule has 1 amide bonds. The summed E-state index contributed by atoms with van der Waals surface area (Å²) in [4.78, 5) is 12.4. The van der Waals surface area contributed by atoms with Crippen LogP contribution >= 0.6 is 22.6 Å². The summed E-state index contributed by atoms with van der Waals surface area (Å²) in [6, 6.07) is 7.33. The summed E-state index contributed by atoms with van der Waals surface area (Å²) in [6.07, 6.45) is 3.28. The predicted octanol–water partition coefficient (Wildman–Crippen LogP) is 2.72. The van der Waals surface area contributed by atoms with E-state index in [1.54, 1.807) is 12.1 Å². The lowest BCUT2D eigenvalue weighted by molar-refractivity contribution is 0.0897. The van der Waals surface area contributed by atoms with Crippen molar-refractivity contribution in [1.29, 1.82) is 0 Å². The molecule has 0 radical (unpaired) electrons. The molecule has 1 saturated carbocycles. The van der Waals surface area contributed by atoms with E-state index < -0.39 is 5.54 Å². The Kier molecular flexibility index (Phi) is 5.08. The normalized spacial score (nSPS) is 26.4. The smallest absolute Gasteiger partial charge is 0.252 e. The zero-order valence-corrected chi connectivity index (χ0v) is 14.1. The molecular weight excluding hydrogens is 381 g/mol. The van der Waals surface area contributed by atoms with Crippen molar-refractivity contribution in [1.82, 2.24) is 5.32 Å². The molecule has 114 valence electrons. The van der Waals surface area contributed by atoms with E-state index in [0.29, 0.717) is 24.3 Å². The van der Waals surface area contributed by atoms with Crippen LogP contribution in [-0.4, -0.2) is 22.5 Å². The first-order valence-electron chi connectivity index (χ1n) is 7.03. The second-order valence-corrected chi connectivity index (χ2v) is 6.96. The minimum atomic E-state index is -0.735. The molecule has 1 aromatic rings. The highest BCUT2D eigenvalue weighted by atomic mass is 127. The van der Waals surface area contributed by atoms with Crippen LogP contribution in [0.25, 0.3) is 0 Å². The summed E-state index contributed by atoms with van der Waals surface area (Å²) in [5.74, 6) is 0.501. The van der Waals surface area contributed by atoms with E-state index in [-0.39, 0.29) is 11.7 Å². The van der Waals surface area contributed by atoms with Gasteiger partial charge in [0.2, 0.25) is 0 Å². The van der Waals surface area contributed by atoms with E-state index in [1.807, 2.05) is 12.1 Å². The monoisotopic (exact) mass is 401 g/mol. The van der Waals surface area contributed by atoms with Crippen molar-refractivity contribution in [2.75, 3.05) is 0 Å². The largest absolute Gasteiger partial charge is 0.409 e. The van der Waals surface area contributed by atoms with Crippen molar-refractivity contribution < 1.29 is 10.0 Å². The summed E-state index contributed by atoms with van der Waals surface area (Å²) < 4.78 is 1.07. The molecule has 21 heavy (non-hydrogen) atoms. The van der Waals surface area contributed by atoms with E-state index in [1.165, 1.54) is 0 Å². The zero-order chi connectivity index (χ0) is 15.5. The number of amides is 1. The number of carbonyl (C=O) groups is 1. The molecule has 0 heterocycles. The van der Waals surface area contributed by atoms with Crippen LogP contribution in [0.5, 0.6) is 0 Å². The van der Waals surface area contributed by atoms with Crippen molar-refractivity contribution in [3.63, 3.8) is 0 Å². The van der Waals surface area contributed by atoms with Gasteiger partial charge in [-0.05, 0) is 78.5 Å². The third-order valence-electron chi connectivity index (χ3n) is 4.19. The maximum atomic E-state index is 12.4. The Hall–Kier alpha value is -1.31. The Morgan fingerprint density at radius 3 is 2.48 bits per heavy atom. The second-order valence-electron chi connectivity index (χ2n) is 5.71. The maximum Gasteiger partial charge on any atom is 0.252 e. The minimum absolute atomic E-state index is 0.0910. The molecule has 0 spiro atoms. The van der Waals surface area contributed by atoms with Gasteiger partial charge in [-0.2, -0.15) is 0 Å². The molecule has 1 fully saturated rings. The van der Waals surface area contributed by atoms with Crippen molar-refractivity contribution in [2.24, 2.45) is 16.8 Å². The Morgan fingerprint density at radius 1 is 1.38 bits per heavy atom. The minimum Gasteiger partial charge on any atom is -0.409 e. The van der Waals surface area contributed by atoms with Gasteiger partial charge in [-0.3, -0.25) is 4.79 Å². The number of nitrogens with zero attached hydrogens (tertiary/aromatic N) is 1. The topological polar surface area (TPSA) is 87.7 Å². The third kappa shape index (κ3) is 3.66. The third-order valence-corrected chi connectivity index (χ3v) is 4.90. The summed E-state index contributed by atoms with van der Waals surface area (Å²) in [5.41, 5.74) is 5.71. The average Bonchev–Trinajstić information content (AvgIpc) is 2.49. The molecule has 0 atom stereocenters. The van der Waals surface area contributed by atoms with Gasteiger partial charge in [0.15, 0.2) is 5.84 Å². The van der Waals surface area contributed by atoms with E-state index in [4.69, 9.17) is 10.9 Å². The number of carbonyl (C=O) groups excluding carboxylic acids is 1. The van der Waals surface area contributed by atoms with Gasteiger partial charge in [-0.1, -0.05) is 12.1 Å². The predicted molar refractivity (Wildman–Crippen MR) is 90.4 cm³/mol. The van der Waals surface area contributed by atoms with Gasteiger partial charge in [-0.25, -0.2) is 0 Å². The fraction of sp³-hybridized carbons (Fsp3) is 0.467. The maximum absolute atomic E-state index is 12.4. The second kappa shape index (κ2) is 6.64. The molecule has 0 unspecified atom stereocenters. The van der Waals surface area contributed by atoms with E-state index in [0.717, 1.165) is 16.4 Å². The van der Waals surface area contributed by atoms with Gasteiger partial charge in [-0.15, -0.1) is 0 Å². The van der Waals surface area contributed by atoms with Gasteiger partial charge >= 0.3 is 0 Å². The number of hydrogen-bond acceptors (Lipinski definition) is 3. The number of nitrogens with one attached hydrogen (secondary N) is 1. The summed E-state index contributed by atoms with van der Waals surface area (Å²) in [7, 11) is 0. The van der Waals surface area contributed by atoms with Crippen molar-refractivity contribution >= 4 is 34.3 Å². The summed E-state index contributed by atoms with van der Waals surface area (Å²) >= 11 is 2.19. The first kappa shape index (κ1) is 16.1.